The summed E-state index contributed by atoms with van der Waals surface area (Å²) in [6.07, 6.45) is -5.87. The fourth-order valence-corrected chi connectivity index (χ4v) is 1.22. The molecule has 0 rings (SSSR count). The van der Waals surface area contributed by atoms with Gasteiger partial charge in [-0.3, -0.25) is 0 Å². The average Bonchev–Trinajstić information content (AvgIpc) is 2.01. The molecular weight excluding hydrogens is 275 g/mol. The van der Waals surface area contributed by atoms with E-state index in [4.69, 9.17) is 0 Å². The highest BCUT2D eigenvalue weighted by atomic mass is 32.2. The van der Waals surface area contributed by atoms with Crippen molar-refractivity contribution >= 4 is 11.8 Å². The molecule has 0 amide bonds. The maximum absolute atomic E-state index is 12.5. The molecular formula is C6H5F9S. The van der Waals surface area contributed by atoms with Gasteiger partial charge in [-0.2, -0.15) is 51.3 Å². The molecule has 0 saturated carbocycles. The van der Waals surface area contributed by atoms with Crippen LogP contribution in [0.5, 0.6) is 0 Å². The first kappa shape index (κ1) is 15.7. The van der Waals surface area contributed by atoms with E-state index in [-0.39, 0.29) is 11.8 Å². The van der Waals surface area contributed by atoms with Gasteiger partial charge >= 0.3 is 23.9 Å². The lowest BCUT2D eigenvalue weighted by molar-refractivity contribution is -0.392. The molecule has 0 N–H and O–H groups in total. The third-order valence-corrected chi connectivity index (χ3v) is 2.19. The molecule has 98 valence electrons. The molecule has 0 spiro atoms. The summed E-state index contributed by atoms with van der Waals surface area (Å²) in [5.74, 6) is -20.6. The third-order valence-electron chi connectivity index (χ3n) is 1.54. The Kier molecular flexibility index (Phi) is 4.12. The minimum Gasteiger partial charge on any atom is -0.199 e. The minimum atomic E-state index is -6.78. The van der Waals surface area contributed by atoms with Crippen LogP contribution in [0.3, 0.4) is 0 Å². The Morgan fingerprint density at radius 1 is 0.750 bits per heavy atom. The van der Waals surface area contributed by atoms with E-state index in [0.29, 0.717) is 0 Å². The third kappa shape index (κ3) is 2.35. The van der Waals surface area contributed by atoms with Crippen molar-refractivity contribution in [3.63, 3.8) is 0 Å². The number of hydrogen-bond acceptors (Lipinski definition) is 1. The normalized spacial score (nSPS) is 15.4. The molecule has 0 aliphatic carbocycles. The van der Waals surface area contributed by atoms with Gasteiger partial charge in [0, 0.05) is 0 Å². The number of alkyl halides is 9. The lowest BCUT2D eigenvalue weighted by Gasteiger charge is -2.33. The average molecular weight is 280 g/mol. The highest BCUT2D eigenvalue weighted by Crippen LogP contribution is 2.53. The van der Waals surface area contributed by atoms with E-state index in [9.17, 15) is 39.5 Å². The van der Waals surface area contributed by atoms with Gasteiger partial charge in [0.1, 0.15) is 0 Å². The van der Waals surface area contributed by atoms with Crippen molar-refractivity contribution < 1.29 is 39.5 Å². The molecule has 0 aliphatic rings. The summed E-state index contributed by atoms with van der Waals surface area (Å²) in [4.78, 5) is 0. The number of thioether (sulfide) groups is 1. The lowest BCUT2D eigenvalue weighted by atomic mass is 10.1. The van der Waals surface area contributed by atoms with Crippen molar-refractivity contribution in [2.24, 2.45) is 0 Å². The molecule has 10 heteroatoms. The van der Waals surface area contributed by atoms with Gasteiger partial charge < -0.3 is 0 Å². The summed E-state index contributed by atoms with van der Waals surface area (Å²) in [6.45, 7) is 0. The Morgan fingerprint density at radius 2 is 1.12 bits per heavy atom. The van der Waals surface area contributed by atoms with Crippen molar-refractivity contribution in [2.75, 3.05) is 12.0 Å². The van der Waals surface area contributed by atoms with Crippen LogP contribution in [0.1, 0.15) is 0 Å². The Balaban J connectivity index is 5.34. The van der Waals surface area contributed by atoms with Crippen LogP contribution in [0.2, 0.25) is 0 Å². The molecule has 0 unspecified atom stereocenters. The Labute approximate surface area is 88.2 Å². The largest absolute Gasteiger partial charge is 0.460 e. The summed E-state index contributed by atoms with van der Waals surface area (Å²) in [6, 6.07) is 0. The van der Waals surface area contributed by atoms with Crippen LogP contribution in [0.4, 0.5) is 39.5 Å². The molecule has 0 radical (unpaired) electrons. The van der Waals surface area contributed by atoms with E-state index >= 15 is 0 Å². The number of hydrogen-bond donors (Lipinski definition) is 0. The second-order valence-electron chi connectivity index (χ2n) is 2.78. The van der Waals surface area contributed by atoms with Gasteiger partial charge in [0.15, 0.2) is 0 Å². The van der Waals surface area contributed by atoms with Gasteiger partial charge in [-0.05, 0) is 6.26 Å². The van der Waals surface area contributed by atoms with Crippen LogP contribution < -0.4 is 0 Å². The fraction of sp³-hybridized carbons (Fsp3) is 1.00. The maximum atomic E-state index is 12.5. The quantitative estimate of drug-likeness (QED) is 0.705. The van der Waals surface area contributed by atoms with Gasteiger partial charge in [-0.15, -0.1) is 0 Å². The van der Waals surface area contributed by atoms with E-state index in [1.165, 1.54) is 0 Å². The van der Waals surface area contributed by atoms with Gasteiger partial charge in [0.2, 0.25) is 0 Å². The van der Waals surface area contributed by atoms with E-state index in [2.05, 4.69) is 0 Å². The maximum Gasteiger partial charge on any atom is 0.460 e. The first-order valence-electron chi connectivity index (χ1n) is 3.50. The van der Waals surface area contributed by atoms with Gasteiger partial charge in [-0.25, -0.2) is 0 Å². The predicted octanol–water partition coefficient (Wildman–Crippen LogP) is 3.82. The zero-order valence-electron chi connectivity index (χ0n) is 7.52. The van der Waals surface area contributed by atoms with Crippen molar-refractivity contribution in [1.82, 2.24) is 0 Å². The SMILES string of the molecule is CSCC(F)(F)C(F)(F)C(F)(F)C(F)(F)F. The summed E-state index contributed by atoms with van der Waals surface area (Å²) < 4.78 is 109. The molecule has 0 atom stereocenters. The number of rotatable bonds is 4. The zero-order chi connectivity index (χ0) is 13.4. The molecule has 0 fully saturated rings. The van der Waals surface area contributed by atoms with Crippen molar-refractivity contribution in [1.29, 1.82) is 0 Å². The van der Waals surface area contributed by atoms with Crippen LogP contribution in [-0.4, -0.2) is 36.0 Å². The second kappa shape index (κ2) is 4.19. The first-order chi connectivity index (χ1) is 6.81. The Morgan fingerprint density at radius 3 is 1.38 bits per heavy atom. The molecule has 0 aliphatic heterocycles. The minimum absolute atomic E-state index is 0.0315. The summed E-state index contributed by atoms with van der Waals surface area (Å²) in [7, 11) is 0. The summed E-state index contributed by atoms with van der Waals surface area (Å²) >= 11 is 0.0315. The van der Waals surface area contributed by atoms with Gasteiger partial charge in [0.25, 0.3) is 0 Å². The predicted molar refractivity (Wildman–Crippen MR) is 39.3 cm³/mol. The fourth-order valence-electron chi connectivity index (χ4n) is 0.680. The monoisotopic (exact) mass is 280 g/mol. The van der Waals surface area contributed by atoms with Crippen LogP contribution in [0.25, 0.3) is 0 Å². The zero-order valence-corrected chi connectivity index (χ0v) is 8.33. The molecule has 16 heavy (non-hydrogen) atoms. The molecule has 0 saturated heterocycles. The molecule has 0 heterocycles. The molecule has 0 aromatic rings. The van der Waals surface area contributed by atoms with E-state index < -0.39 is 29.7 Å². The topological polar surface area (TPSA) is 0 Å². The van der Waals surface area contributed by atoms with Crippen LogP contribution in [-0.2, 0) is 0 Å². The smallest absolute Gasteiger partial charge is 0.199 e. The summed E-state index contributed by atoms with van der Waals surface area (Å²) in [5, 5.41) is 0. The van der Waals surface area contributed by atoms with Crippen molar-refractivity contribution in [3.05, 3.63) is 0 Å². The van der Waals surface area contributed by atoms with Crippen LogP contribution in [0.15, 0.2) is 0 Å². The van der Waals surface area contributed by atoms with Gasteiger partial charge in [-0.1, -0.05) is 0 Å². The Bertz CT molecular complexity index is 243. The van der Waals surface area contributed by atoms with E-state index in [0.717, 1.165) is 6.26 Å². The second-order valence-corrected chi connectivity index (χ2v) is 3.65. The van der Waals surface area contributed by atoms with Crippen LogP contribution in [0, 0.1) is 0 Å². The number of halogens is 9. The summed E-state index contributed by atoms with van der Waals surface area (Å²) in [5.41, 5.74) is 0. The van der Waals surface area contributed by atoms with Gasteiger partial charge in [0.05, 0.1) is 5.75 Å². The molecule has 0 aromatic carbocycles. The Hall–Kier alpha value is -0.280. The molecule has 0 aromatic heterocycles. The van der Waals surface area contributed by atoms with E-state index in [1.807, 2.05) is 0 Å². The van der Waals surface area contributed by atoms with Crippen molar-refractivity contribution in [3.8, 4) is 0 Å². The van der Waals surface area contributed by atoms with E-state index in [1.54, 1.807) is 0 Å². The standard InChI is InChI=1S/C6H5F9S/c1-16-2-3(7,8)4(9,10)5(11,12)6(13,14)15/h2H2,1H3. The van der Waals surface area contributed by atoms with Crippen LogP contribution >= 0.6 is 11.8 Å². The molecule has 0 nitrogen and oxygen atoms in total. The molecule has 0 bridgehead atoms. The van der Waals surface area contributed by atoms with Crippen molar-refractivity contribution in [2.45, 2.75) is 23.9 Å². The first-order valence-corrected chi connectivity index (χ1v) is 4.90. The lowest BCUT2D eigenvalue weighted by Crippen LogP contribution is -2.61. The highest BCUT2D eigenvalue weighted by molar-refractivity contribution is 7.98. The highest BCUT2D eigenvalue weighted by Gasteiger charge is 2.81.